The van der Waals surface area contributed by atoms with Crippen molar-refractivity contribution in [3.8, 4) is 0 Å². The summed E-state index contributed by atoms with van der Waals surface area (Å²) in [5.41, 5.74) is 0.0981. The lowest BCUT2D eigenvalue weighted by atomic mass is 10.3. The zero-order valence-corrected chi connectivity index (χ0v) is 15.8. The molecule has 1 heterocycles. The fourth-order valence-corrected chi connectivity index (χ4v) is 3.23. The molecule has 0 aliphatic carbocycles. The Kier molecular flexibility index (Phi) is 7.03. The molecule has 0 atom stereocenters. The minimum atomic E-state index is -0.294. The molecule has 0 saturated carbocycles. The number of anilines is 1. The standard InChI is InChI=1S/C14H15Cl3N4O2S/c1-2-3-4-21-13(23)19-20-14(21)24-7-12(22)18-11-6-9(16)8(15)5-10(11)17/h5-6H,2-4,7H2,1H3,(H,18,22)(H,19,23). The van der Waals surface area contributed by atoms with Gasteiger partial charge in [-0.05, 0) is 18.6 Å². The topological polar surface area (TPSA) is 79.8 Å². The first-order valence-electron chi connectivity index (χ1n) is 7.14. The number of thioether (sulfide) groups is 1. The third-order valence-electron chi connectivity index (χ3n) is 3.07. The van der Waals surface area contributed by atoms with Crippen LogP contribution in [0.2, 0.25) is 15.1 Å². The summed E-state index contributed by atoms with van der Waals surface area (Å²) >= 11 is 18.9. The van der Waals surface area contributed by atoms with Gasteiger partial charge in [0.25, 0.3) is 0 Å². The van der Waals surface area contributed by atoms with E-state index in [4.69, 9.17) is 34.8 Å². The van der Waals surface area contributed by atoms with E-state index in [1.165, 1.54) is 28.5 Å². The van der Waals surface area contributed by atoms with Crippen LogP contribution in [0.5, 0.6) is 0 Å². The molecule has 2 rings (SSSR count). The van der Waals surface area contributed by atoms with E-state index in [0.717, 1.165) is 12.8 Å². The van der Waals surface area contributed by atoms with Gasteiger partial charge in [0.05, 0.1) is 26.5 Å². The van der Waals surface area contributed by atoms with Crippen molar-refractivity contribution in [2.75, 3.05) is 11.1 Å². The van der Waals surface area contributed by atoms with E-state index in [1.807, 2.05) is 6.92 Å². The lowest BCUT2D eigenvalue weighted by molar-refractivity contribution is -0.113. The maximum atomic E-state index is 12.1. The second-order valence-corrected chi connectivity index (χ2v) is 7.06. The Morgan fingerprint density at radius 2 is 2.00 bits per heavy atom. The first-order chi connectivity index (χ1) is 11.4. The zero-order valence-electron chi connectivity index (χ0n) is 12.7. The second kappa shape index (κ2) is 8.80. The Balaban J connectivity index is 1.99. The molecule has 2 aromatic rings. The molecule has 0 unspecified atom stereocenters. The third kappa shape index (κ3) is 4.92. The van der Waals surface area contributed by atoms with Gasteiger partial charge < -0.3 is 5.32 Å². The molecule has 2 N–H and O–H groups in total. The number of hydrogen-bond acceptors (Lipinski definition) is 4. The number of unbranched alkanes of at least 4 members (excludes halogenated alkanes) is 1. The van der Waals surface area contributed by atoms with E-state index in [-0.39, 0.29) is 17.3 Å². The highest BCUT2D eigenvalue weighted by Crippen LogP contribution is 2.32. The summed E-state index contributed by atoms with van der Waals surface area (Å²) in [6.07, 6.45) is 1.82. The molecule has 1 amide bonds. The molecule has 0 radical (unpaired) electrons. The molecule has 6 nitrogen and oxygen atoms in total. The van der Waals surface area contributed by atoms with Gasteiger partial charge in [0, 0.05) is 6.54 Å². The van der Waals surface area contributed by atoms with Crippen LogP contribution in [0.1, 0.15) is 19.8 Å². The average molecular weight is 410 g/mol. The van der Waals surface area contributed by atoms with Gasteiger partial charge in [0.15, 0.2) is 5.16 Å². The van der Waals surface area contributed by atoms with E-state index < -0.39 is 0 Å². The largest absolute Gasteiger partial charge is 0.343 e. The maximum Gasteiger partial charge on any atom is 0.343 e. The summed E-state index contributed by atoms with van der Waals surface area (Å²) in [6, 6.07) is 2.95. The Morgan fingerprint density at radius 1 is 1.29 bits per heavy atom. The number of aromatic amines is 1. The van der Waals surface area contributed by atoms with Crippen LogP contribution in [0.25, 0.3) is 0 Å². The van der Waals surface area contributed by atoms with Gasteiger partial charge in [0.2, 0.25) is 5.91 Å². The molecule has 1 aromatic heterocycles. The van der Waals surface area contributed by atoms with Crippen LogP contribution in [0, 0.1) is 0 Å². The van der Waals surface area contributed by atoms with Crippen LogP contribution in [0.15, 0.2) is 22.1 Å². The Hall–Kier alpha value is -1.15. The van der Waals surface area contributed by atoms with Crippen LogP contribution < -0.4 is 11.0 Å². The first kappa shape index (κ1) is 19.2. The van der Waals surface area contributed by atoms with Crippen LogP contribution in [0.3, 0.4) is 0 Å². The van der Waals surface area contributed by atoms with Gasteiger partial charge >= 0.3 is 5.69 Å². The quantitative estimate of drug-likeness (QED) is 0.534. The molecular formula is C14H15Cl3N4O2S. The predicted molar refractivity (Wildman–Crippen MR) is 98.6 cm³/mol. The van der Waals surface area contributed by atoms with Gasteiger partial charge in [-0.25, -0.2) is 9.89 Å². The van der Waals surface area contributed by atoms with Crippen LogP contribution in [0.4, 0.5) is 5.69 Å². The van der Waals surface area contributed by atoms with E-state index in [9.17, 15) is 9.59 Å². The van der Waals surface area contributed by atoms with Crippen molar-refractivity contribution in [3.05, 3.63) is 37.7 Å². The number of carbonyl (C=O) groups is 1. The van der Waals surface area contributed by atoms with Crippen molar-refractivity contribution in [2.45, 2.75) is 31.5 Å². The molecule has 0 fully saturated rings. The summed E-state index contributed by atoms with van der Waals surface area (Å²) < 4.78 is 1.52. The molecular weight excluding hydrogens is 395 g/mol. The van der Waals surface area contributed by atoms with Gasteiger partial charge in [-0.3, -0.25) is 9.36 Å². The SMILES string of the molecule is CCCCn1c(SCC(=O)Nc2cc(Cl)c(Cl)cc2Cl)n[nH]c1=O. The lowest BCUT2D eigenvalue weighted by Crippen LogP contribution is -2.19. The van der Waals surface area contributed by atoms with Crippen molar-refractivity contribution in [1.82, 2.24) is 14.8 Å². The Morgan fingerprint density at radius 3 is 2.71 bits per heavy atom. The fraction of sp³-hybridized carbons (Fsp3) is 0.357. The number of hydrogen-bond donors (Lipinski definition) is 2. The monoisotopic (exact) mass is 408 g/mol. The number of rotatable bonds is 7. The molecule has 10 heteroatoms. The summed E-state index contributed by atoms with van der Waals surface area (Å²) in [4.78, 5) is 23.8. The number of H-pyrrole nitrogens is 1. The van der Waals surface area contributed by atoms with E-state index in [0.29, 0.717) is 32.5 Å². The predicted octanol–water partition coefficient (Wildman–Crippen LogP) is 4.06. The van der Waals surface area contributed by atoms with Gasteiger partial charge in [-0.15, -0.1) is 5.10 Å². The molecule has 0 saturated heterocycles. The molecule has 0 aliphatic rings. The highest BCUT2D eigenvalue weighted by atomic mass is 35.5. The molecule has 24 heavy (non-hydrogen) atoms. The fourth-order valence-electron chi connectivity index (χ4n) is 1.86. The minimum absolute atomic E-state index is 0.0764. The minimum Gasteiger partial charge on any atom is -0.324 e. The smallest absolute Gasteiger partial charge is 0.324 e. The van der Waals surface area contributed by atoms with Crippen LogP contribution >= 0.6 is 46.6 Å². The highest BCUT2D eigenvalue weighted by Gasteiger charge is 2.13. The van der Waals surface area contributed by atoms with Crippen molar-refractivity contribution in [1.29, 1.82) is 0 Å². The molecule has 1 aromatic carbocycles. The van der Waals surface area contributed by atoms with E-state index in [2.05, 4.69) is 15.5 Å². The van der Waals surface area contributed by atoms with Crippen molar-refractivity contribution >= 4 is 58.2 Å². The number of nitrogens with zero attached hydrogens (tertiary/aromatic N) is 2. The van der Waals surface area contributed by atoms with Crippen molar-refractivity contribution < 1.29 is 4.79 Å². The molecule has 0 aliphatic heterocycles. The zero-order chi connectivity index (χ0) is 17.7. The Bertz CT molecular complexity index is 791. The van der Waals surface area contributed by atoms with E-state index >= 15 is 0 Å². The number of nitrogens with one attached hydrogen (secondary N) is 2. The molecule has 0 spiro atoms. The Labute approximate surface area is 157 Å². The van der Waals surface area contributed by atoms with Gasteiger partial charge in [-0.1, -0.05) is 59.9 Å². The summed E-state index contributed by atoms with van der Waals surface area (Å²) in [6.45, 7) is 2.60. The molecule has 0 bridgehead atoms. The summed E-state index contributed by atoms with van der Waals surface area (Å²) in [5, 5.41) is 10.4. The van der Waals surface area contributed by atoms with Gasteiger partial charge in [0.1, 0.15) is 0 Å². The van der Waals surface area contributed by atoms with Gasteiger partial charge in [-0.2, -0.15) is 0 Å². The maximum absolute atomic E-state index is 12.1. The first-order valence-corrected chi connectivity index (χ1v) is 9.26. The third-order valence-corrected chi connectivity index (χ3v) is 5.09. The number of aromatic nitrogens is 3. The number of carbonyl (C=O) groups excluding carboxylic acids is 1. The molecule has 130 valence electrons. The highest BCUT2D eigenvalue weighted by molar-refractivity contribution is 7.99. The van der Waals surface area contributed by atoms with Crippen molar-refractivity contribution in [3.63, 3.8) is 0 Å². The lowest BCUT2D eigenvalue weighted by Gasteiger charge is -2.09. The summed E-state index contributed by atoms with van der Waals surface area (Å²) in [7, 11) is 0. The van der Waals surface area contributed by atoms with E-state index in [1.54, 1.807) is 0 Å². The normalized spacial score (nSPS) is 10.8. The van der Waals surface area contributed by atoms with Crippen LogP contribution in [-0.4, -0.2) is 26.4 Å². The second-order valence-electron chi connectivity index (χ2n) is 4.90. The number of benzene rings is 1. The van der Waals surface area contributed by atoms with Crippen LogP contribution in [-0.2, 0) is 11.3 Å². The van der Waals surface area contributed by atoms with Crippen molar-refractivity contribution in [2.24, 2.45) is 0 Å². The average Bonchev–Trinajstić information content (AvgIpc) is 2.88. The number of amides is 1. The number of halogens is 3. The summed E-state index contributed by atoms with van der Waals surface area (Å²) in [5.74, 6) is -0.217.